The number of hydrogen-bond acceptors (Lipinski definition) is 2. The van der Waals surface area contributed by atoms with Crippen LogP contribution in [-0.2, 0) is 11.2 Å². The van der Waals surface area contributed by atoms with E-state index < -0.39 is 0 Å². The molecule has 1 atom stereocenters. The van der Waals surface area contributed by atoms with Crippen molar-refractivity contribution in [2.45, 2.75) is 38.2 Å². The Morgan fingerprint density at radius 1 is 1.38 bits per heavy atom. The van der Waals surface area contributed by atoms with Gasteiger partial charge in [-0.05, 0) is 36.8 Å². The van der Waals surface area contributed by atoms with Gasteiger partial charge in [0.1, 0.15) is 0 Å². The van der Waals surface area contributed by atoms with Gasteiger partial charge in [0.2, 0.25) is 0 Å². The van der Waals surface area contributed by atoms with E-state index in [4.69, 9.17) is 10.00 Å². The summed E-state index contributed by atoms with van der Waals surface area (Å²) in [5.41, 5.74) is 2.78. The van der Waals surface area contributed by atoms with E-state index in [0.717, 1.165) is 12.8 Å². The number of ether oxygens (including phenoxy) is 1. The van der Waals surface area contributed by atoms with Gasteiger partial charge in [-0.15, -0.1) is 0 Å². The summed E-state index contributed by atoms with van der Waals surface area (Å²) in [4.78, 5) is 0. The molecule has 0 saturated carbocycles. The molecule has 84 valence electrons. The van der Waals surface area contributed by atoms with Crippen LogP contribution in [0, 0.1) is 11.3 Å². The molecule has 2 nitrogen and oxygen atoms in total. The summed E-state index contributed by atoms with van der Waals surface area (Å²) in [7, 11) is 0. The van der Waals surface area contributed by atoms with E-state index in [2.05, 4.69) is 30.3 Å². The van der Waals surface area contributed by atoms with Gasteiger partial charge in [-0.3, -0.25) is 0 Å². The summed E-state index contributed by atoms with van der Waals surface area (Å²) in [5, 5.41) is 8.46. The number of hydrogen-bond donors (Lipinski definition) is 0. The van der Waals surface area contributed by atoms with Gasteiger partial charge in [-0.2, -0.15) is 5.26 Å². The van der Waals surface area contributed by atoms with Crippen LogP contribution in [0.3, 0.4) is 0 Å². The van der Waals surface area contributed by atoms with E-state index >= 15 is 0 Å². The molecule has 0 aliphatic heterocycles. The summed E-state index contributed by atoms with van der Waals surface area (Å²) < 4.78 is 5.86. The molecule has 16 heavy (non-hydrogen) atoms. The number of nitrogens with zero attached hydrogens (tertiary/aromatic N) is 1. The maximum Gasteiger partial charge on any atom is 0.0827 e. The predicted octanol–water partition coefficient (Wildman–Crippen LogP) is 3.38. The van der Waals surface area contributed by atoms with Crippen LogP contribution in [0.4, 0.5) is 0 Å². The number of nitriles is 1. The minimum atomic E-state index is 0.253. The van der Waals surface area contributed by atoms with Crippen LogP contribution in [-0.4, -0.2) is 6.61 Å². The lowest BCUT2D eigenvalue weighted by atomic mass is 9.89. The number of aryl methyl sites for hydroxylation is 1. The molecule has 1 aliphatic rings. The summed E-state index contributed by atoms with van der Waals surface area (Å²) in [6.45, 7) is 0.701. The lowest BCUT2D eigenvalue weighted by Gasteiger charge is -2.25. The zero-order chi connectivity index (χ0) is 11.2. The first-order chi connectivity index (χ1) is 7.92. The van der Waals surface area contributed by atoms with E-state index in [1.807, 2.05) is 0 Å². The Morgan fingerprint density at radius 2 is 2.25 bits per heavy atom. The molecule has 0 fully saturated rings. The van der Waals surface area contributed by atoms with Gasteiger partial charge in [0.05, 0.1) is 12.2 Å². The highest BCUT2D eigenvalue weighted by molar-refractivity contribution is 5.31. The van der Waals surface area contributed by atoms with Crippen LogP contribution in [0.15, 0.2) is 24.3 Å². The second-order valence-electron chi connectivity index (χ2n) is 4.21. The standard InChI is InChI=1S/C14H17NO/c15-10-3-4-11-16-14-9-5-7-12-6-1-2-8-13(12)14/h1-2,6,8,14H,3-5,7,9,11H2. The highest BCUT2D eigenvalue weighted by Gasteiger charge is 2.19. The molecule has 0 bridgehead atoms. The smallest absolute Gasteiger partial charge is 0.0827 e. The van der Waals surface area contributed by atoms with Crippen LogP contribution in [0.5, 0.6) is 0 Å². The van der Waals surface area contributed by atoms with Crippen molar-refractivity contribution in [3.63, 3.8) is 0 Å². The van der Waals surface area contributed by atoms with E-state index in [9.17, 15) is 0 Å². The molecule has 0 radical (unpaired) electrons. The second-order valence-corrected chi connectivity index (χ2v) is 4.21. The molecule has 0 spiro atoms. The van der Waals surface area contributed by atoms with Gasteiger partial charge in [-0.1, -0.05) is 24.3 Å². The molecule has 0 N–H and O–H groups in total. The average molecular weight is 215 g/mol. The molecule has 0 amide bonds. The molecule has 1 aromatic rings. The Labute approximate surface area is 96.9 Å². The molecular formula is C14H17NO. The third-order valence-corrected chi connectivity index (χ3v) is 3.07. The summed E-state index contributed by atoms with van der Waals surface area (Å²) in [6.07, 6.45) is 5.19. The number of fused-ring (bicyclic) bond motifs is 1. The topological polar surface area (TPSA) is 33.0 Å². The Morgan fingerprint density at radius 3 is 3.12 bits per heavy atom. The fourth-order valence-electron chi connectivity index (χ4n) is 2.26. The first kappa shape index (κ1) is 11.2. The van der Waals surface area contributed by atoms with Crippen LogP contribution >= 0.6 is 0 Å². The minimum Gasteiger partial charge on any atom is -0.373 e. The van der Waals surface area contributed by atoms with Gasteiger partial charge in [-0.25, -0.2) is 0 Å². The molecule has 1 aliphatic carbocycles. The third kappa shape index (κ3) is 2.62. The SMILES string of the molecule is N#CCCCOC1CCCc2ccccc21. The largest absolute Gasteiger partial charge is 0.373 e. The van der Waals surface area contributed by atoms with Crippen molar-refractivity contribution in [1.29, 1.82) is 5.26 Å². The van der Waals surface area contributed by atoms with Crippen molar-refractivity contribution >= 4 is 0 Å². The Hall–Kier alpha value is -1.33. The van der Waals surface area contributed by atoms with Gasteiger partial charge >= 0.3 is 0 Å². The third-order valence-electron chi connectivity index (χ3n) is 3.07. The fraction of sp³-hybridized carbons (Fsp3) is 0.500. The zero-order valence-electron chi connectivity index (χ0n) is 9.48. The quantitative estimate of drug-likeness (QED) is 0.721. The first-order valence-corrected chi connectivity index (χ1v) is 5.98. The van der Waals surface area contributed by atoms with Crippen molar-refractivity contribution in [3.05, 3.63) is 35.4 Å². The maximum atomic E-state index is 8.46. The molecule has 2 rings (SSSR count). The van der Waals surface area contributed by atoms with Crippen molar-refractivity contribution in [3.8, 4) is 6.07 Å². The average Bonchev–Trinajstić information content (AvgIpc) is 2.35. The van der Waals surface area contributed by atoms with Crippen LogP contribution in [0.25, 0.3) is 0 Å². The number of benzene rings is 1. The van der Waals surface area contributed by atoms with Gasteiger partial charge < -0.3 is 4.74 Å². The predicted molar refractivity (Wildman–Crippen MR) is 62.9 cm³/mol. The molecule has 0 heterocycles. The fourth-order valence-corrected chi connectivity index (χ4v) is 2.26. The van der Waals surface area contributed by atoms with Gasteiger partial charge in [0.15, 0.2) is 0 Å². The van der Waals surface area contributed by atoms with Gasteiger partial charge in [0, 0.05) is 13.0 Å². The Balaban J connectivity index is 1.94. The summed E-state index contributed by atoms with van der Waals surface area (Å²) in [5.74, 6) is 0. The van der Waals surface area contributed by atoms with Crippen molar-refractivity contribution in [1.82, 2.24) is 0 Å². The molecule has 1 aromatic carbocycles. The summed E-state index contributed by atoms with van der Waals surface area (Å²) in [6, 6.07) is 10.7. The summed E-state index contributed by atoms with van der Waals surface area (Å²) >= 11 is 0. The van der Waals surface area contributed by atoms with Crippen molar-refractivity contribution < 1.29 is 4.74 Å². The van der Waals surface area contributed by atoms with Crippen molar-refractivity contribution in [2.24, 2.45) is 0 Å². The van der Waals surface area contributed by atoms with Gasteiger partial charge in [0.25, 0.3) is 0 Å². The lowest BCUT2D eigenvalue weighted by Crippen LogP contribution is -2.13. The highest BCUT2D eigenvalue weighted by Crippen LogP contribution is 2.32. The zero-order valence-corrected chi connectivity index (χ0v) is 9.48. The lowest BCUT2D eigenvalue weighted by molar-refractivity contribution is 0.0398. The van der Waals surface area contributed by atoms with Crippen LogP contribution in [0.2, 0.25) is 0 Å². The molecular weight excluding hydrogens is 198 g/mol. The maximum absolute atomic E-state index is 8.46. The number of rotatable bonds is 4. The van der Waals surface area contributed by atoms with E-state index in [-0.39, 0.29) is 6.10 Å². The molecule has 0 saturated heterocycles. The minimum absolute atomic E-state index is 0.253. The van der Waals surface area contributed by atoms with Crippen LogP contribution in [0.1, 0.15) is 42.9 Å². The van der Waals surface area contributed by atoms with Crippen LogP contribution < -0.4 is 0 Å². The highest BCUT2D eigenvalue weighted by atomic mass is 16.5. The first-order valence-electron chi connectivity index (χ1n) is 5.98. The second kappa shape index (κ2) is 5.67. The van der Waals surface area contributed by atoms with E-state index in [1.54, 1.807) is 0 Å². The van der Waals surface area contributed by atoms with E-state index in [0.29, 0.717) is 13.0 Å². The number of unbranched alkanes of at least 4 members (excludes halogenated alkanes) is 1. The normalized spacial score (nSPS) is 18.8. The monoisotopic (exact) mass is 215 g/mol. The molecule has 0 aromatic heterocycles. The van der Waals surface area contributed by atoms with Crippen molar-refractivity contribution in [2.75, 3.05) is 6.61 Å². The Kier molecular flexibility index (Phi) is 3.96. The van der Waals surface area contributed by atoms with E-state index in [1.165, 1.54) is 24.0 Å². The Bertz CT molecular complexity index is 381. The molecule has 1 unspecified atom stereocenters. The molecule has 2 heteroatoms.